The topological polar surface area (TPSA) is 50.4 Å². The Hall–Kier alpha value is -1.26. The SMILES string of the molecule is CNCCCNC(=O)C(C)Oc1cccc(C(C)C)c1.Cl. The molecule has 120 valence electrons. The smallest absolute Gasteiger partial charge is 0.260 e. The van der Waals surface area contributed by atoms with Gasteiger partial charge in [-0.1, -0.05) is 26.0 Å². The molecule has 0 heterocycles. The summed E-state index contributed by atoms with van der Waals surface area (Å²) in [5.41, 5.74) is 1.21. The molecular weight excluding hydrogens is 288 g/mol. The van der Waals surface area contributed by atoms with E-state index in [0.29, 0.717) is 12.5 Å². The molecule has 1 amide bonds. The number of carbonyl (C=O) groups is 1. The molecule has 0 fully saturated rings. The Labute approximate surface area is 134 Å². The lowest BCUT2D eigenvalue weighted by Crippen LogP contribution is -2.37. The minimum atomic E-state index is -0.480. The summed E-state index contributed by atoms with van der Waals surface area (Å²) in [6.45, 7) is 7.61. The number of hydrogen-bond donors (Lipinski definition) is 2. The third kappa shape index (κ3) is 7.34. The maximum Gasteiger partial charge on any atom is 0.260 e. The molecule has 4 nitrogen and oxygen atoms in total. The van der Waals surface area contributed by atoms with Gasteiger partial charge in [-0.2, -0.15) is 0 Å². The largest absolute Gasteiger partial charge is 0.481 e. The van der Waals surface area contributed by atoms with Crippen molar-refractivity contribution in [2.45, 2.75) is 39.2 Å². The molecule has 0 spiro atoms. The molecule has 21 heavy (non-hydrogen) atoms. The summed E-state index contributed by atoms with van der Waals surface area (Å²) >= 11 is 0. The average Bonchev–Trinajstić information content (AvgIpc) is 2.43. The second-order valence-electron chi connectivity index (χ2n) is 5.24. The first kappa shape index (κ1) is 19.7. The molecule has 0 radical (unpaired) electrons. The number of amides is 1. The molecule has 1 atom stereocenters. The molecule has 1 unspecified atom stereocenters. The number of halogens is 1. The number of rotatable bonds is 8. The molecule has 0 saturated carbocycles. The first-order valence-corrected chi connectivity index (χ1v) is 7.23. The van der Waals surface area contributed by atoms with Crippen LogP contribution in [0.5, 0.6) is 5.75 Å². The standard InChI is InChI=1S/C16H26N2O2.ClH/c1-12(2)14-7-5-8-15(11-14)20-13(3)16(19)18-10-6-9-17-4;/h5,7-8,11-13,17H,6,9-10H2,1-4H3,(H,18,19);1H. The fourth-order valence-corrected chi connectivity index (χ4v) is 1.83. The monoisotopic (exact) mass is 314 g/mol. The lowest BCUT2D eigenvalue weighted by Gasteiger charge is -2.16. The number of benzene rings is 1. The Morgan fingerprint density at radius 2 is 1.95 bits per heavy atom. The highest BCUT2D eigenvalue weighted by Gasteiger charge is 2.14. The Morgan fingerprint density at radius 3 is 2.57 bits per heavy atom. The molecule has 1 rings (SSSR count). The predicted molar refractivity (Wildman–Crippen MR) is 89.4 cm³/mol. The van der Waals surface area contributed by atoms with Gasteiger partial charge in [-0.25, -0.2) is 0 Å². The lowest BCUT2D eigenvalue weighted by molar-refractivity contribution is -0.127. The van der Waals surface area contributed by atoms with Gasteiger partial charge in [0.05, 0.1) is 0 Å². The van der Waals surface area contributed by atoms with E-state index in [2.05, 4.69) is 30.5 Å². The molecule has 5 heteroatoms. The highest BCUT2D eigenvalue weighted by Crippen LogP contribution is 2.20. The van der Waals surface area contributed by atoms with Crippen LogP contribution >= 0.6 is 12.4 Å². The van der Waals surface area contributed by atoms with E-state index in [1.165, 1.54) is 5.56 Å². The van der Waals surface area contributed by atoms with Gasteiger partial charge in [0.15, 0.2) is 6.10 Å². The van der Waals surface area contributed by atoms with Gasteiger partial charge in [0.1, 0.15) is 5.75 Å². The molecule has 0 saturated heterocycles. The summed E-state index contributed by atoms with van der Waals surface area (Å²) in [5, 5.41) is 5.92. The fraction of sp³-hybridized carbons (Fsp3) is 0.562. The molecule has 1 aromatic rings. The minimum Gasteiger partial charge on any atom is -0.481 e. The number of hydrogen-bond acceptors (Lipinski definition) is 3. The summed E-state index contributed by atoms with van der Waals surface area (Å²) in [6.07, 6.45) is 0.435. The van der Waals surface area contributed by atoms with E-state index < -0.39 is 6.10 Å². The van der Waals surface area contributed by atoms with Crippen molar-refractivity contribution >= 4 is 18.3 Å². The van der Waals surface area contributed by atoms with Crippen molar-refractivity contribution in [3.63, 3.8) is 0 Å². The highest BCUT2D eigenvalue weighted by atomic mass is 35.5. The van der Waals surface area contributed by atoms with Crippen LogP contribution in [0.3, 0.4) is 0 Å². The van der Waals surface area contributed by atoms with E-state index in [1.807, 2.05) is 25.2 Å². The second-order valence-corrected chi connectivity index (χ2v) is 5.24. The van der Waals surface area contributed by atoms with E-state index in [4.69, 9.17) is 4.74 Å². The number of carbonyl (C=O) groups excluding carboxylic acids is 1. The summed E-state index contributed by atoms with van der Waals surface area (Å²) < 4.78 is 5.70. The van der Waals surface area contributed by atoms with Crippen LogP contribution in [0, 0.1) is 0 Å². The van der Waals surface area contributed by atoms with E-state index in [0.717, 1.165) is 18.7 Å². The van der Waals surface area contributed by atoms with Crippen molar-refractivity contribution in [1.29, 1.82) is 0 Å². The van der Waals surface area contributed by atoms with Gasteiger partial charge in [0.2, 0.25) is 0 Å². The van der Waals surface area contributed by atoms with Crippen molar-refractivity contribution in [2.75, 3.05) is 20.1 Å². The van der Waals surface area contributed by atoms with Gasteiger partial charge >= 0.3 is 0 Å². The molecule has 2 N–H and O–H groups in total. The van der Waals surface area contributed by atoms with Crippen LogP contribution in [-0.2, 0) is 4.79 Å². The van der Waals surface area contributed by atoms with Crippen LogP contribution < -0.4 is 15.4 Å². The molecule has 0 aliphatic carbocycles. The highest BCUT2D eigenvalue weighted by molar-refractivity contribution is 5.85. The fourth-order valence-electron chi connectivity index (χ4n) is 1.83. The van der Waals surface area contributed by atoms with Gasteiger partial charge in [-0.15, -0.1) is 12.4 Å². The Bertz CT molecular complexity index is 424. The minimum absolute atomic E-state index is 0. The number of ether oxygens (including phenoxy) is 1. The Kier molecular flexibility index (Phi) is 9.84. The van der Waals surface area contributed by atoms with Crippen LogP contribution in [0.2, 0.25) is 0 Å². The Balaban J connectivity index is 0.00000400. The van der Waals surface area contributed by atoms with E-state index in [-0.39, 0.29) is 18.3 Å². The van der Waals surface area contributed by atoms with Gasteiger partial charge in [0, 0.05) is 6.54 Å². The molecule has 0 aromatic heterocycles. The molecule has 0 aliphatic heterocycles. The van der Waals surface area contributed by atoms with Gasteiger partial charge < -0.3 is 15.4 Å². The summed E-state index contributed by atoms with van der Waals surface area (Å²) in [4.78, 5) is 11.9. The van der Waals surface area contributed by atoms with Crippen molar-refractivity contribution in [3.8, 4) is 5.75 Å². The van der Waals surface area contributed by atoms with Crippen LogP contribution in [0.4, 0.5) is 0 Å². The zero-order valence-corrected chi connectivity index (χ0v) is 14.1. The van der Waals surface area contributed by atoms with E-state index >= 15 is 0 Å². The summed E-state index contributed by atoms with van der Waals surface area (Å²) in [7, 11) is 1.90. The number of nitrogens with one attached hydrogen (secondary N) is 2. The molecule has 1 aromatic carbocycles. The zero-order valence-electron chi connectivity index (χ0n) is 13.3. The molecule has 0 aliphatic rings. The van der Waals surface area contributed by atoms with Crippen molar-refractivity contribution in [1.82, 2.24) is 10.6 Å². The predicted octanol–water partition coefficient (Wildman–Crippen LogP) is 2.72. The van der Waals surface area contributed by atoms with E-state index in [1.54, 1.807) is 6.92 Å². The van der Waals surface area contributed by atoms with Crippen molar-refractivity contribution in [3.05, 3.63) is 29.8 Å². The van der Waals surface area contributed by atoms with Gasteiger partial charge in [-0.3, -0.25) is 4.79 Å². The average molecular weight is 315 g/mol. The van der Waals surface area contributed by atoms with Crippen LogP contribution in [0.25, 0.3) is 0 Å². The summed E-state index contributed by atoms with van der Waals surface area (Å²) in [5.74, 6) is 1.12. The molecule has 0 bridgehead atoms. The molecular formula is C16H27ClN2O2. The van der Waals surface area contributed by atoms with Crippen LogP contribution in [0.1, 0.15) is 38.7 Å². The van der Waals surface area contributed by atoms with Crippen molar-refractivity contribution < 1.29 is 9.53 Å². The third-order valence-electron chi connectivity index (χ3n) is 3.11. The second kappa shape index (κ2) is 10.5. The summed E-state index contributed by atoms with van der Waals surface area (Å²) in [6, 6.07) is 7.91. The van der Waals surface area contributed by atoms with Gasteiger partial charge in [0.25, 0.3) is 5.91 Å². The lowest BCUT2D eigenvalue weighted by atomic mass is 10.0. The normalized spacial score (nSPS) is 11.7. The van der Waals surface area contributed by atoms with E-state index in [9.17, 15) is 4.79 Å². The first-order chi connectivity index (χ1) is 9.54. The van der Waals surface area contributed by atoms with Crippen LogP contribution in [0.15, 0.2) is 24.3 Å². The quantitative estimate of drug-likeness (QED) is 0.725. The third-order valence-corrected chi connectivity index (χ3v) is 3.11. The zero-order chi connectivity index (χ0) is 15.0. The maximum atomic E-state index is 11.9. The maximum absolute atomic E-state index is 11.9. The van der Waals surface area contributed by atoms with Crippen LogP contribution in [-0.4, -0.2) is 32.1 Å². The Morgan fingerprint density at radius 1 is 1.24 bits per heavy atom. The van der Waals surface area contributed by atoms with Gasteiger partial charge in [-0.05, 0) is 50.6 Å². The first-order valence-electron chi connectivity index (χ1n) is 7.23. The van der Waals surface area contributed by atoms with Crippen molar-refractivity contribution in [2.24, 2.45) is 0 Å².